The van der Waals surface area contributed by atoms with E-state index in [9.17, 15) is 20.1 Å². The van der Waals surface area contributed by atoms with Crippen LogP contribution in [0.3, 0.4) is 0 Å². The van der Waals surface area contributed by atoms with Gasteiger partial charge in [-0.15, -0.1) is 0 Å². The fourth-order valence-corrected chi connectivity index (χ4v) is 6.91. The van der Waals surface area contributed by atoms with Gasteiger partial charge in [-0.05, 0) is 84.9 Å². The fraction of sp³-hybridized carbons (Fsp3) is 0.314. The summed E-state index contributed by atoms with van der Waals surface area (Å²) < 4.78 is 47.6. The van der Waals surface area contributed by atoms with Gasteiger partial charge in [0.2, 0.25) is 0 Å². The van der Waals surface area contributed by atoms with E-state index < -0.39 is 31.4 Å². The second-order valence-electron chi connectivity index (χ2n) is 11.0. The van der Waals surface area contributed by atoms with Crippen molar-refractivity contribution in [1.29, 1.82) is 0 Å². The number of benzene rings is 3. The van der Waals surface area contributed by atoms with Crippen LogP contribution in [0.5, 0.6) is 0 Å². The number of thioether (sulfide) groups is 1. The molecule has 0 bridgehead atoms. The molecule has 42 heavy (non-hydrogen) atoms. The number of aromatic nitrogens is 1. The highest BCUT2D eigenvalue weighted by atomic mass is 35.5. The van der Waals surface area contributed by atoms with Crippen LogP contribution in [0.15, 0.2) is 78.9 Å². The number of carboxylic acids is 1. The van der Waals surface area contributed by atoms with Crippen LogP contribution in [-0.2, 0) is 10.4 Å². The van der Waals surface area contributed by atoms with Gasteiger partial charge in [0.1, 0.15) is 0 Å². The van der Waals surface area contributed by atoms with Crippen molar-refractivity contribution in [3.8, 4) is 0 Å². The molecule has 1 heterocycles. The molecule has 0 spiro atoms. The average molecular weight is 608 g/mol. The number of aliphatic carboxylic acids is 1. The van der Waals surface area contributed by atoms with E-state index in [0.29, 0.717) is 10.8 Å². The minimum absolute atomic E-state index is 0.00283. The standard InChI is InChI=1S/C35H36ClNO4S/c1-34(2,41)29-9-4-3-8-28(29)31(38)20-32(42-22-35(16-17-35)21-33(39)40)25-7-5-6-23(18-25)10-14-27-15-12-24-11-13-26(36)19-30(24)37-27/h3-15,18-19,31-32,38,41H,16-17,20-22H2,1-2H3,(H,39,40)/b14-10+/t31-,32-/m1/s1/i1D3,2D3. The summed E-state index contributed by atoms with van der Waals surface area (Å²) in [6.45, 7) is -6.63. The van der Waals surface area contributed by atoms with Gasteiger partial charge < -0.3 is 15.3 Å². The monoisotopic (exact) mass is 607 g/mol. The van der Waals surface area contributed by atoms with E-state index in [4.69, 9.17) is 19.8 Å². The Balaban J connectivity index is 1.46. The molecule has 1 saturated carbocycles. The maximum atomic E-state index is 11.6. The third kappa shape index (κ3) is 7.61. The van der Waals surface area contributed by atoms with Crippen LogP contribution in [0.2, 0.25) is 5.02 Å². The van der Waals surface area contributed by atoms with Gasteiger partial charge in [-0.3, -0.25) is 4.79 Å². The van der Waals surface area contributed by atoms with E-state index in [1.54, 1.807) is 12.1 Å². The average Bonchev–Trinajstić information content (AvgIpc) is 3.78. The summed E-state index contributed by atoms with van der Waals surface area (Å²) in [4.78, 5) is 16.2. The van der Waals surface area contributed by atoms with Crippen LogP contribution < -0.4 is 0 Å². The maximum Gasteiger partial charge on any atom is 0.303 e. The van der Waals surface area contributed by atoms with Crippen molar-refractivity contribution in [2.24, 2.45) is 5.41 Å². The molecular formula is C35H36ClNO4S. The van der Waals surface area contributed by atoms with E-state index >= 15 is 0 Å². The Kier molecular flexibility index (Phi) is 6.99. The zero-order valence-corrected chi connectivity index (χ0v) is 24.4. The number of nitrogens with zero attached hydrogens (tertiary/aromatic N) is 1. The van der Waals surface area contributed by atoms with Gasteiger partial charge in [-0.1, -0.05) is 78.3 Å². The van der Waals surface area contributed by atoms with Crippen molar-refractivity contribution in [3.63, 3.8) is 0 Å². The molecule has 0 saturated heterocycles. The molecular weight excluding hydrogens is 566 g/mol. The van der Waals surface area contributed by atoms with Gasteiger partial charge in [0.15, 0.2) is 0 Å². The van der Waals surface area contributed by atoms with Crippen LogP contribution in [0.1, 0.15) is 86.9 Å². The summed E-state index contributed by atoms with van der Waals surface area (Å²) in [6, 6.07) is 22.7. The summed E-state index contributed by atoms with van der Waals surface area (Å²) in [5, 5.41) is 33.6. The minimum atomic E-state index is -3.32. The van der Waals surface area contributed by atoms with Crippen molar-refractivity contribution in [2.45, 2.75) is 56.3 Å². The van der Waals surface area contributed by atoms with E-state index in [-0.39, 0.29) is 34.6 Å². The summed E-state index contributed by atoms with van der Waals surface area (Å²) in [7, 11) is 0. The SMILES string of the molecule is [2H]C([2H])([2H])C(O)(c1ccccc1[C@H](O)C[C@@H](SCC1(CC(=O)O)CC1)c1cccc(/C=C/c2ccc3ccc(Cl)cc3n2)c1)C([2H])([2H])[2H]. The fourth-order valence-electron chi connectivity index (χ4n) is 5.14. The molecule has 218 valence electrons. The number of aliphatic hydroxyl groups excluding tert-OH is 1. The number of rotatable bonds is 12. The maximum absolute atomic E-state index is 11.6. The van der Waals surface area contributed by atoms with E-state index in [1.807, 2.05) is 60.7 Å². The first-order valence-electron chi connectivity index (χ1n) is 16.7. The Morgan fingerprint density at radius 1 is 1.10 bits per heavy atom. The number of carboxylic acid groups (broad SMARTS) is 1. The van der Waals surface area contributed by atoms with Crippen LogP contribution >= 0.6 is 23.4 Å². The number of fused-ring (bicyclic) bond motifs is 1. The third-order valence-electron chi connectivity index (χ3n) is 7.63. The Morgan fingerprint density at radius 2 is 1.88 bits per heavy atom. The lowest BCUT2D eigenvalue weighted by Crippen LogP contribution is -2.20. The first kappa shape index (κ1) is 23.3. The van der Waals surface area contributed by atoms with Gasteiger partial charge in [0.05, 0.1) is 29.3 Å². The van der Waals surface area contributed by atoms with E-state index in [0.717, 1.165) is 40.6 Å². The van der Waals surface area contributed by atoms with Gasteiger partial charge in [0.25, 0.3) is 0 Å². The summed E-state index contributed by atoms with van der Waals surface area (Å²) in [6.07, 6.45) is 4.08. The van der Waals surface area contributed by atoms with Gasteiger partial charge in [-0.2, -0.15) is 11.8 Å². The number of carbonyl (C=O) groups is 1. The first-order chi connectivity index (χ1) is 22.5. The highest BCUT2D eigenvalue weighted by Gasteiger charge is 2.44. The lowest BCUT2D eigenvalue weighted by atomic mass is 9.88. The molecule has 0 radical (unpaired) electrons. The number of halogens is 1. The Hall–Kier alpha value is -3.16. The summed E-state index contributed by atoms with van der Waals surface area (Å²) in [5.41, 5.74) is -0.752. The van der Waals surface area contributed by atoms with E-state index in [1.165, 1.54) is 30.0 Å². The van der Waals surface area contributed by atoms with Gasteiger partial charge in [-0.25, -0.2) is 4.98 Å². The Morgan fingerprint density at radius 3 is 2.64 bits per heavy atom. The molecule has 0 unspecified atom stereocenters. The summed E-state index contributed by atoms with van der Waals surface area (Å²) >= 11 is 7.65. The second-order valence-corrected chi connectivity index (χ2v) is 12.6. The predicted octanol–water partition coefficient (Wildman–Crippen LogP) is 8.44. The van der Waals surface area contributed by atoms with Crippen molar-refractivity contribution in [3.05, 3.63) is 112 Å². The molecule has 1 fully saturated rings. The van der Waals surface area contributed by atoms with Crippen LogP contribution in [0.4, 0.5) is 0 Å². The van der Waals surface area contributed by atoms with E-state index in [2.05, 4.69) is 4.98 Å². The normalized spacial score (nSPS) is 18.7. The highest BCUT2D eigenvalue weighted by molar-refractivity contribution is 7.99. The molecule has 0 amide bonds. The number of hydrogen-bond donors (Lipinski definition) is 3. The Labute approximate surface area is 264 Å². The largest absolute Gasteiger partial charge is 0.481 e. The molecule has 5 rings (SSSR count). The molecule has 3 N–H and O–H groups in total. The quantitative estimate of drug-likeness (QED) is 0.150. The van der Waals surface area contributed by atoms with Crippen LogP contribution in [0, 0.1) is 5.41 Å². The molecule has 0 aliphatic heterocycles. The van der Waals surface area contributed by atoms with Crippen molar-refractivity contribution in [2.75, 3.05) is 5.75 Å². The third-order valence-corrected chi connectivity index (χ3v) is 9.51. The highest BCUT2D eigenvalue weighted by Crippen LogP contribution is 2.54. The Bertz CT molecular complexity index is 1810. The van der Waals surface area contributed by atoms with Gasteiger partial charge >= 0.3 is 5.97 Å². The molecule has 5 nitrogen and oxygen atoms in total. The van der Waals surface area contributed by atoms with Crippen molar-refractivity contribution < 1.29 is 28.3 Å². The molecule has 4 aromatic rings. The molecule has 1 aliphatic rings. The van der Waals surface area contributed by atoms with Crippen LogP contribution in [0.25, 0.3) is 23.1 Å². The zero-order chi connectivity index (χ0) is 34.9. The predicted molar refractivity (Wildman–Crippen MR) is 173 cm³/mol. The molecule has 2 atom stereocenters. The summed E-state index contributed by atoms with van der Waals surface area (Å²) in [5.74, 6) is -0.347. The minimum Gasteiger partial charge on any atom is -0.481 e. The second kappa shape index (κ2) is 12.6. The first-order valence-corrected chi connectivity index (χ1v) is 15.1. The molecule has 1 aliphatic carbocycles. The molecule has 3 aromatic carbocycles. The lowest BCUT2D eigenvalue weighted by Gasteiger charge is -2.27. The zero-order valence-electron chi connectivity index (χ0n) is 28.8. The number of pyridine rings is 1. The van der Waals surface area contributed by atoms with Gasteiger partial charge in [0, 0.05) is 29.6 Å². The smallest absolute Gasteiger partial charge is 0.303 e. The molecule has 7 heteroatoms. The lowest BCUT2D eigenvalue weighted by molar-refractivity contribution is -0.138. The van der Waals surface area contributed by atoms with Crippen molar-refractivity contribution in [1.82, 2.24) is 4.98 Å². The topological polar surface area (TPSA) is 90.7 Å². The van der Waals surface area contributed by atoms with Crippen LogP contribution in [-0.4, -0.2) is 32.0 Å². The van der Waals surface area contributed by atoms with Crippen molar-refractivity contribution >= 4 is 52.4 Å². The number of hydrogen-bond acceptors (Lipinski definition) is 5. The number of aliphatic hydroxyl groups is 2. The molecule has 1 aromatic heterocycles.